The largest absolute Gasteiger partial charge is 0.494 e. The van der Waals surface area contributed by atoms with E-state index in [9.17, 15) is 18.0 Å². The number of nitrogens with zero attached hydrogens (tertiary/aromatic N) is 4. The maximum Gasteiger partial charge on any atom is 0.433 e. The van der Waals surface area contributed by atoms with Crippen LogP contribution in [0.1, 0.15) is 34.8 Å². The third-order valence-corrected chi connectivity index (χ3v) is 6.73. The number of carbonyl (C=O) groups excluding carboxylic acids is 1. The molecule has 1 aliphatic heterocycles. The lowest BCUT2D eigenvalue weighted by atomic mass is 9.96. The number of likely N-dealkylation sites (tertiary alicyclic amines) is 1. The summed E-state index contributed by atoms with van der Waals surface area (Å²) in [6.07, 6.45) is 0.324. The van der Waals surface area contributed by atoms with Gasteiger partial charge in [-0.15, -0.1) is 0 Å². The molecule has 204 valence electrons. The monoisotopic (exact) mass is 542 g/mol. The summed E-state index contributed by atoms with van der Waals surface area (Å²) in [5, 5.41) is 3.59. The number of methoxy groups -OCH3 is 1. The molecular formula is C26H27F3N7O3+. The van der Waals surface area contributed by atoms with Gasteiger partial charge in [-0.2, -0.15) is 18.2 Å². The van der Waals surface area contributed by atoms with Gasteiger partial charge in [0.05, 0.1) is 19.2 Å². The summed E-state index contributed by atoms with van der Waals surface area (Å²) >= 11 is 0. The summed E-state index contributed by atoms with van der Waals surface area (Å²) in [4.78, 5) is 30.3. The van der Waals surface area contributed by atoms with E-state index in [1.807, 2.05) is 0 Å². The summed E-state index contributed by atoms with van der Waals surface area (Å²) < 4.78 is 51.0. The molecule has 0 spiro atoms. The van der Waals surface area contributed by atoms with Crippen molar-refractivity contribution < 1.29 is 32.1 Å². The number of hydrogen-bond donors (Lipinski definition) is 2. The number of hydrogen-bond acceptors (Lipinski definition) is 8. The molecule has 13 heteroatoms. The van der Waals surface area contributed by atoms with E-state index in [1.165, 1.54) is 19.2 Å². The van der Waals surface area contributed by atoms with Gasteiger partial charge in [0, 0.05) is 37.4 Å². The number of nitrogens with two attached hydrogens (primary N) is 1. The molecule has 1 amide bonds. The lowest BCUT2D eigenvalue weighted by Gasteiger charge is -2.31. The zero-order valence-corrected chi connectivity index (χ0v) is 21.1. The Kier molecular flexibility index (Phi) is 7.33. The fourth-order valence-electron chi connectivity index (χ4n) is 4.66. The number of carbonyl (C=O) groups is 1. The first-order valence-corrected chi connectivity index (χ1v) is 12.4. The number of ether oxygens (including phenoxy) is 1. The van der Waals surface area contributed by atoms with E-state index in [1.54, 1.807) is 29.4 Å². The van der Waals surface area contributed by atoms with E-state index in [0.29, 0.717) is 42.5 Å². The highest BCUT2D eigenvalue weighted by Crippen LogP contribution is 2.36. The Morgan fingerprint density at radius 2 is 1.95 bits per heavy atom. The zero-order valence-electron chi connectivity index (χ0n) is 21.1. The highest BCUT2D eigenvalue weighted by molar-refractivity contribution is 5.96. The van der Waals surface area contributed by atoms with E-state index in [2.05, 4.69) is 25.3 Å². The van der Waals surface area contributed by atoms with Gasteiger partial charge in [0.1, 0.15) is 17.0 Å². The number of alkyl halides is 3. The molecule has 0 atom stereocenters. The van der Waals surface area contributed by atoms with Gasteiger partial charge in [0.2, 0.25) is 11.7 Å². The summed E-state index contributed by atoms with van der Waals surface area (Å²) in [5.74, 6) is 1.30. The van der Waals surface area contributed by atoms with Crippen LogP contribution in [0.5, 0.6) is 5.75 Å². The molecule has 4 heterocycles. The Hall–Kier alpha value is -4.26. The van der Waals surface area contributed by atoms with Crippen molar-refractivity contribution in [2.75, 3.05) is 32.1 Å². The molecule has 10 nitrogen and oxygen atoms in total. The first-order chi connectivity index (χ1) is 18.8. The molecule has 39 heavy (non-hydrogen) atoms. The number of nitrogens with one attached hydrogen (secondary N) is 2. The molecule has 0 radical (unpaired) electrons. The van der Waals surface area contributed by atoms with Gasteiger partial charge in [-0.3, -0.25) is 4.79 Å². The lowest BCUT2D eigenvalue weighted by Crippen LogP contribution is -2.42. The number of pyridine rings is 1. The Balaban J connectivity index is 1.36. The number of halogens is 3. The van der Waals surface area contributed by atoms with Gasteiger partial charge >= 0.3 is 23.7 Å². The lowest BCUT2D eigenvalue weighted by molar-refractivity contribution is -0.373. The Bertz CT molecular complexity index is 1470. The van der Waals surface area contributed by atoms with Crippen molar-refractivity contribution in [1.29, 1.82) is 0 Å². The van der Waals surface area contributed by atoms with Crippen LogP contribution in [0.3, 0.4) is 0 Å². The van der Waals surface area contributed by atoms with Crippen LogP contribution in [-0.4, -0.2) is 52.5 Å². The third kappa shape index (κ3) is 5.48. The second-order valence-corrected chi connectivity index (χ2v) is 9.15. The molecule has 5 rings (SSSR count). The fraction of sp³-hybridized carbons (Fsp3) is 0.346. The number of H-pyrrole nitrogens is 1. The van der Waals surface area contributed by atoms with Crippen molar-refractivity contribution >= 4 is 22.8 Å². The van der Waals surface area contributed by atoms with Gasteiger partial charge in [-0.05, 0) is 49.1 Å². The predicted molar refractivity (Wildman–Crippen MR) is 135 cm³/mol. The molecule has 1 fully saturated rings. The maximum absolute atomic E-state index is 13.4. The number of amides is 1. The van der Waals surface area contributed by atoms with E-state index in [0.717, 1.165) is 18.9 Å². The second kappa shape index (κ2) is 10.8. The number of piperidine rings is 1. The number of fused-ring (bicyclic) bond motifs is 1. The quantitative estimate of drug-likeness (QED) is 0.362. The average molecular weight is 543 g/mol. The maximum atomic E-state index is 13.4. The molecule has 3 aromatic heterocycles. The molecule has 1 aliphatic rings. The first kappa shape index (κ1) is 26.4. The van der Waals surface area contributed by atoms with E-state index < -0.39 is 11.9 Å². The van der Waals surface area contributed by atoms with Gasteiger partial charge in [0.25, 0.3) is 0 Å². The van der Waals surface area contributed by atoms with Crippen LogP contribution in [0.4, 0.5) is 19.1 Å². The van der Waals surface area contributed by atoms with E-state index in [4.69, 9.17) is 14.9 Å². The van der Waals surface area contributed by atoms with Crippen molar-refractivity contribution in [3.05, 3.63) is 59.9 Å². The van der Waals surface area contributed by atoms with E-state index in [-0.39, 0.29) is 41.1 Å². The molecule has 0 aliphatic carbocycles. The van der Waals surface area contributed by atoms with Crippen LogP contribution >= 0.6 is 0 Å². The second-order valence-electron chi connectivity index (χ2n) is 9.15. The minimum Gasteiger partial charge on any atom is -0.494 e. The number of aromatic nitrogens is 4. The molecule has 1 saturated heterocycles. The number of anilines is 1. The summed E-state index contributed by atoms with van der Waals surface area (Å²) in [5.41, 5.74) is 5.51. The van der Waals surface area contributed by atoms with Crippen molar-refractivity contribution in [3.63, 3.8) is 0 Å². The van der Waals surface area contributed by atoms with E-state index >= 15 is 0 Å². The number of aromatic amines is 1. The highest BCUT2D eigenvalue weighted by Gasteiger charge is 2.35. The smallest absolute Gasteiger partial charge is 0.433 e. The van der Waals surface area contributed by atoms with Crippen LogP contribution in [0.15, 0.2) is 47.1 Å². The number of rotatable bonds is 7. The summed E-state index contributed by atoms with van der Waals surface area (Å²) in [7, 11) is 1.35. The SMILES string of the molecule is COc1ccc(-c2[nH+]c(C(=O)N3CCC(CNc4ncccn4)CC3)c(CN)o2)c2ccc(C(F)(F)F)nc12. The van der Waals surface area contributed by atoms with Gasteiger partial charge in [0.15, 0.2) is 0 Å². The van der Waals surface area contributed by atoms with Crippen molar-refractivity contribution in [2.45, 2.75) is 25.6 Å². The Morgan fingerprint density at radius 3 is 2.62 bits per heavy atom. The fourth-order valence-corrected chi connectivity index (χ4v) is 4.66. The Morgan fingerprint density at radius 1 is 1.21 bits per heavy atom. The highest BCUT2D eigenvalue weighted by atomic mass is 19.4. The number of benzene rings is 1. The standard InChI is InChI=1S/C26H26F3N7O3/c1-38-18-5-3-17(16-4-6-20(26(27,28)29)34-21(16)18)23-35-22(19(13-30)39-23)24(37)36-11-7-15(8-12-36)14-33-25-31-9-2-10-32-25/h2-6,9-10,15H,7-8,11-14,30H2,1H3,(H,31,32,33)/p+1. The average Bonchev–Trinajstić information content (AvgIpc) is 3.39. The molecule has 4 N–H and O–H groups in total. The predicted octanol–water partition coefficient (Wildman–Crippen LogP) is 3.55. The summed E-state index contributed by atoms with van der Waals surface area (Å²) in [6, 6.07) is 7.09. The normalized spacial score (nSPS) is 14.5. The van der Waals surface area contributed by atoms with Crippen molar-refractivity contribution in [3.8, 4) is 17.2 Å². The molecule has 0 saturated carbocycles. The van der Waals surface area contributed by atoms with Crippen molar-refractivity contribution in [1.82, 2.24) is 19.9 Å². The molecule has 4 aromatic rings. The molecule has 0 unspecified atom stereocenters. The third-order valence-electron chi connectivity index (χ3n) is 6.73. The molecular weight excluding hydrogens is 515 g/mol. The summed E-state index contributed by atoms with van der Waals surface area (Å²) in [6.45, 7) is 1.76. The van der Waals surface area contributed by atoms with Crippen LogP contribution in [-0.2, 0) is 12.7 Å². The minimum absolute atomic E-state index is 0.0217. The zero-order chi connectivity index (χ0) is 27.6. The molecule has 0 bridgehead atoms. The Labute approximate surface area is 221 Å². The van der Waals surface area contributed by atoms with Crippen LogP contribution in [0.2, 0.25) is 0 Å². The van der Waals surface area contributed by atoms with Crippen molar-refractivity contribution in [2.24, 2.45) is 11.7 Å². The van der Waals surface area contributed by atoms with Crippen LogP contribution in [0, 0.1) is 5.92 Å². The van der Waals surface area contributed by atoms with Gasteiger partial charge in [-0.1, -0.05) is 0 Å². The van der Waals surface area contributed by atoms with Gasteiger partial charge in [-0.25, -0.2) is 15.0 Å². The number of oxazole rings is 1. The molecule has 1 aromatic carbocycles. The van der Waals surface area contributed by atoms with Crippen LogP contribution in [0.25, 0.3) is 22.4 Å². The first-order valence-electron chi connectivity index (χ1n) is 12.4. The topological polar surface area (TPSA) is 134 Å². The van der Waals surface area contributed by atoms with Crippen LogP contribution < -0.4 is 20.8 Å². The minimum atomic E-state index is -4.61. The van der Waals surface area contributed by atoms with Gasteiger partial charge < -0.3 is 25.1 Å².